The number of fused-ring (bicyclic) bond motifs is 1. The number of methoxy groups -OCH3 is 1. The lowest BCUT2D eigenvalue weighted by molar-refractivity contribution is 0.177. The normalized spacial score (nSPS) is 15.6. The van der Waals surface area contributed by atoms with Gasteiger partial charge in [0, 0.05) is 38.1 Å². The number of pyridine rings is 1. The Balaban J connectivity index is 1.35. The van der Waals surface area contributed by atoms with Crippen LogP contribution >= 0.6 is 0 Å². The number of sulfonamides is 1. The molecule has 3 heterocycles. The number of imidazole rings is 1. The Labute approximate surface area is 199 Å². The van der Waals surface area contributed by atoms with Crippen LogP contribution in [0, 0.1) is 6.92 Å². The number of benzene rings is 2. The molecule has 0 spiro atoms. The average Bonchev–Trinajstić information content (AvgIpc) is 3.22. The van der Waals surface area contributed by atoms with E-state index < -0.39 is 10.0 Å². The third-order valence-electron chi connectivity index (χ3n) is 6.14. The molecule has 0 atom stereocenters. The molecule has 1 aliphatic heterocycles. The maximum Gasteiger partial charge on any atom is 0.243 e. The van der Waals surface area contributed by atoms with E-state index in [2.05, 4.69) is 39.6 Å². The summed E-state index contributed by atoms with van der Waals surface area (Å²) in [6.45, 7) is 4.78. The van der Waals surface area contributed by atoms with Crippen LogP contribution in [0.1, 0.15) is 11.4 Å². The topological polar surface area (TPSA) is 80.6 Å². The van der Waals surface area contributed by atoms with Crippen molar-refractivity contribution in [3.63, 3.8) is 0 Å². The van der Waals surface area contributed by atoms with Gasteiger partial charge in [0.2, 0.25) is 10.0 Å². The number of aryl methyl sites for hydroxylation is 1. The van der Waals surface area contributed by atoms with Gasteiger partial charge < -0.3 is 4.74 Å². The van der Waals surface area contributed by atoms with Crippen molar-refractivity contribution in [3.8, 4) is 11.4 Å². The van der Waals surface area contributed by atoms with Crippen molar-refractivity contribution in [2.75, 3.05) is 33.3 Å². The fourth-order valence-electron chi connectivity index (χ4n) is 4.33. The minimum absolute atomic E-state index is 0.286. The monoisotopic (exact) mass is 477 g/mol. The Morgan fingerprint density at radius 1 is 0.971 bits per heavy atom. The Bertz CT molecular complexity index is 1410. The molecular formula is C25H27N5O3S. The molecule has 5 rings (SSSR count). The summed E-state index contributed by atoms with van der Waals surface area (Å²) in [4.78, 5) is 12.0. The average molecular weight is 478 g/mol. The van der Waals surface area contributed by atoms with Crippen LogP contribution in [-0.2, 0) is 16.6 Å². The first-order valence-corrected chi connectivity index (χ1v) is 12.7. The summed E-state index contributed by atoms with van der Waals surface area (Å²) in [5.74, 6) is 1.53. The zero-order valence-corrected chi connectivity index (χ0v) is 20.1. The highest BCUT2D eigenvalue weighted by Gasteiger charge is 2.29. The molecule has 0 saturated carbocycles. The van der Waals surface area contributed by atoms with Crippen LogP contribution in [0.4, 0.5) is 0 Å². The Morgan fingerprint density at radius 2 is 1.74 bits per heavy atom. The van der Waals surface area contributed by atoms with Gasteiger partial charge in [0.05, 0.1) is 18.6 Å². The highest BCUT2D eigenvalue weighted by atomic mass is 32.2. The second-order valence-electron chi connectivity index (χ2n) is 8.40. The van der Waals surface area contributed by atoms with Crippen LogP contribution in [0.3, 0.4) is 0 Å². The van der Waals surface area contributed by atoms with Crippen LogP contribution in [-0.4, -0.2) is 65.4 Å². The third kappa shape index (κ3) is 4.29. The molecule has 4 aromatic rings. The zero-order valence-electron chi connectivity index (χ0n) is 19.3. The minimum Gasteiger partial charge on any atom is -0.497 e. The van der Waals surface area contributed by atoms with Crippen molar-refractivity contribution in [1.82, 2.24) is 23.7 Å². The van der Waals surface area contributed by atoms with E-state index in [1.54, 1.807) is 41.9 Å². The lowest BCUT2D eigenvalue weighted by Gasteiger charge is -2.33. The number of ether oxygens (including phenoxy) is 1. The van der Waals surface area contributed by atoms with Gasteiger partial charge in [0.1, 0.15) is 17.1 Å². The van der Waals surface area contributed by atoms with Crippen LogP contribution in [0.25, 0.3) is 16.9 Å². The summed E-state index contributed by atoms with van der Waals surface area (Å²) < 4.78 is 35.0. The molecule has 0 amide bonds. The quantitative estimate of drug-likeness (QED) is 0.424. The Morgan fingerprint density at radius 3 is 2.44 bits per heavy atom. The maximum atomic E-state index is 13.1. The molecule has 0 radical (unpaired) electrons. The van der Waals surface area contributed by atoms with Gasteiger partial charge in [-0.25, -0.2) is 18.4 Å². The first kappa shape index (κ1) is 22.5. The molecule has 8 nitrogen and oxygen atoms in total. The molecule has 2 aromatic carbocycles. The second kappa shape index (κ2) is 9.17. The van der Waals surface area contributed by atoms with E-state index in [-0.39, 0.29) is 4.90 Å². The van der Waals surface area contributed by atoms with Gasteiger partial charge in [0.15, 0.2) is 5.65 Å². The zero-order chi connectivity index (χ0) is 23.7. The summed E-state index contributed by atoms with van der Waals surface area (Å²) in [6.07, 6.45) is 1.78. The molecule has 1 saturated heterocycles. The highest BCUT2D eigenvalue weighted by molar-refractivity contribution is 7.89. The van der Waals surface area contributed by atoms with E-state index in [0.717, 1.165) is 22.7 Å². The number of rotatable bonds is 6. The number of nitrogens with zero attached hydrogens (tertiary/aromatic N) is 5. The first-order valence-electron chi connectivity index (χ1n) is 11.2. The first-order chi connectivity index (χ1) is 16.5. The molecule has 34 heavy (non-hydrogen) atoms. The van der Waals surface area contributed by atoms with E-state index in [4.69, 9.17) is 9.72 Å². The molecule has 9 heteroatoms. The fraction of sp³-hybridized carbons (Fsp3) is 0.280. The molecule has 176 valence electrons. The van der Waals surface area contributed by atoms with Gasteiger partial charge in [-0.1, -0.05) is 12.1 Å². The van der Waals surface area contributed by atoms with Crippen molar-refractivity contribution in [1.29, 1.82) is 0 Å². The molecular weight excluding hydrogens is 450 g/mol. The van der Waals surface area contributed by atoms with Gasteiger partial charge in [0.25, 0.3) is 0 Å². The van der Waals surface area contributed by atoms with E-state index in [1.165, 1.54) is 5.56 Å². The minimum atomic E-state index is -3.54. The molecule has 1 aliphatic rings. The Hall–Kier alpha value is -3.27. The van der Waals surface area contributed by atoms with Crippen LogP contribution in [0.5, 0.6) is 5.75 Å². The molecule has 0 N–H and O–H groups in total. The predicted octanol–water partition coefficient (Wildman–Crippen LogP) is 3.24. The van der Waals surface area contributed by atoms with E-state index in [1.807, 2.05) is 18.2 Å². The third-order valence-corrected chi connectivity index (χ3v) is 8.05. The molecule has 0 unspecified atom stereocenters. The molecule has 0 aliphatic carbocycles. The molecule has 1 fully saturated rings. The van der Waals surface area contributed by atoms with Crippen molar-refractivity contribution in [3.05, 3.63) is 78.2 Å². The summed E-state index contributed by atoms with van der Waals surface area (Å²) in [7, 11) is -1.98. The highest BCUT2D eigenvalue weighted by Crippen LogP contribution is 2.24. The van der Waals surface area contributed by atoms with E-state index in [0.29, 0.717) is 38.5 Å². The summed E-state index contributed by atoms with van der Waals surface area (Å²) in [5, 5.41) is 0. The smallest absolute Gasteiger partial charge is 0.243 e. The van der Waals surface area contributed by atoms with E-state index in [9.17, 15) is 8.42 Å². The molecule has 0 bridgehead atoms. The van der Waals surface area contributed by atoms with Crippen molar-refractivity contribution < 1.29 is 13.2 Å². The van der Waals surface area contributed by atoms with Crippen molar-refractivity contribution in [2.24, 2.45) is 0 Å². The lowest BCUT2D eigenvalue weighted by Crippen LogP contribution is -2.48. The van der Waals surface area contributed by atoms with Crippen LogP contribution in [0.2, 0.25) is 0 Å². The number of aromatic nitrogens is 3. The van der Waals surface area contributed by atoms with Crippen molar-refractivity contribution >= 4 is 21.2 Å². The van der Waals surface area contributed by atoms with Crippen LogP contribution < -0.4 is 4.74 Å². The van der Waals surface area contributed by atoms with Gasteiger partial charge in [-0.15, -0.1) is 0 Å². The second-order valence-corrected chi connectivity index (χ2v) is 10.3. The lowest BCUT2D eigenvalue weighted by atomic mass is 10.2. The van der Waals surface area contributed by atoms with E-state index >= 15 is 0 Å². The van der Waals surface area contributed by atoms with Crippen LogP contribution in [0.15, 0.2) is 71.8 Å². The number of hydrogen-bond acceptors (Lipinski definition) is 6. The summed E-state index contributed by atoms with van der Waals surface area (Å²) in [6, 6.07) is 18.7. The molecule has 2 aromatic heterocycles. The van der Waals surface area contributed by atoms with Gasteiger partial charge in [-0.3, -0.25) is 9.47 Å². The van der Waals surface area contributed by atoms with Gasteiger partial charge >= 0.3 is 0 Å². The SMILES string of the molecule is COc1ccc(S(=O)(=O)N2CCN(Cc3nc4cccnc4n3-c3cccc(C)c3)CC2)cc1. The van der Waals surface area contributed by atoms with Gasteiger partial charge in [-0.2, -0.15) is 4.31 Å². The fourth-order valence-corrected chi connectivity index (χ4v) is 5.75. The maximum absolute atomic E-state index is 13.1. The standard InChI is InChI=1S/C25H27N5O3S/c1-19-5-3-6-20(17-19)30-24(27-23-7-4-12-26-25(23)30)18-28-13-15-29(16-14-28)34(31,32)22-10-8-21(33-2)9-11-22/h3-12,17H,13-16,18H2,1-2H3. The summed E-state index contributed by atoms with van der Waals surface area (Å²) >= 11 is 0. The van der Waals surface area contributed by atoms with Crippen molar-refractivity contribution in [2.45, 2.75) is 18.4 Å². The number of piperazine rings is 1. The summed E-state index contributed by atoms with van der Waals surface area (Å²) in [5.41, 5.74) is 3.86. The Kier molecular flexibility index (Phi) is 6.07. The largest absolute Gasteiger partial charge is 0.497 e. The van der Waals surface area contributed by atoms with Gasteiger partial charge in [-0.05, 0) is 61.0 Å². The number of hydrogen-bond donors (Lipinski definition) is 0. The predicted molar refractivity (Wildman–Crippen MR) is 131 cm³/mol.